The minimum Gasteiger partial charge on any atom is -0.342 e. The lowest BCUT2D eigenvalue weighted by Gasteiger charge is -2.06. The highest BCUT2D eigenvalue weighted by molar-refractivity contribution is 5.99. The molecule has 2 aromatic heterocycles. The normalized spacial score (nSPS) is 11.1. The number of aromatic nitrogens is 3. The fourth-order valence-electron chi connectivity index (χ4n) is 2.88. The summed E-state index contributed by atoms with van der Waals surface area (Å²) < 4.78 is 19.8. The molecule has 0 saturated heterocycles. The van der Waals surface area contributed by atoms with Crippen molar-refractivity contribution < 1.29 is 13.7 Å². The second-order valence-electron chi connectivity index (χ2n) is 5.64. The number of rotatable bonds is 4. The Bertz CT molecular complexity index is 1140. The molecule has 4 rings (SSSR count). The molecule has 6 nitrogen and oxygen atoms in total. The van der Waals surface area contributed by atoms with E-state index in [0.29, 0.717) is 23.5 Å². The lowest BCUT2D eigenvalue weighted by Crippen LogP contribution is -1.99. The molecular formula is C18H12FN3O3. The van der Waals surface area contributed by atoms with Crippen molar-refractivity contribution in [3.05, 3.63) is 76.2 Å². The molecule has 0 atom stereocenters. The van der Waals surface area contributed by atoms with Crippen molar-refractivity contribution in [2.45, 2.75) is 6.54 Å². The second-order valence-corrected chi connectivity index (χ2v) is 5.64. The van der Waals surface area contributed by atoms with Crippen LogP contribution < -0.4 is 5.76 Å². The van der Waals surface area contributed by atoms with Crippen molar-refractivity contribution in [3.63, 3.8) is 0 Å². The molecule has 25 heavy (non-hydrogen) atoms. The highest BCUT2D eigenvalue weighted by Gasteiger charge is 2.12. The average Bonchev–Trinajstić information content (AvgIpc) is 3.18. The quantitative estimate of drug-likeness (QED) is 0.581. The van der Waals surface area contributed by atoms with Gasteiger partial charge in [0.1, 0.15) is 5.82 Å². The number of carbonyl (C=O) groups excluding carboxylic acids is 1. The zero-order valence-electron chi connectivity index (χ0n) is 12.9. The van der Waals surface area contributed by atoms with Crippen LogP contribution in [0.15, 0.2) is 58.0 Å². The molecule has 0 fully saturated rings. The van der Waals surface area contributed by atoms with Crippen LogP contribution in [-0.4, -0.2) is 21.0 Å². The number of fused-ring (bicyclic) bond motifs is 1. The van der Waals surface area contributed by atoms with E-state index in [1.54, 1.807) is 30.5 Å². The van der Waals surface area contributed by atoms with E-state index in [1.807, 2.05) is 10.6 Å². The van der Waals surface area contributed by atoms with Gasteiger partial charge in [0, 0.05) is 34.8 Å². The lowest BCUT2D eigenvalue weighted by atomic mass is 10.1. The van der Waals surface area contributed by atoms with Gasteiger partial charge in [-0.15, -0.1) is 0 Å². The lowest BCUT2D eigenvalue weighted by molar-refractivity contribution is 0.112. The number of nitrogens with one attached hydrogen (secondary N) is 1. The topological polar surface area (TPSA) is 80.9 Å². The first-order valence-corrected chi connectivity index (χ1v) is 7.53. The van der Waals surface area contributed by atoms with Gasteiger partial charge >= 0.3 is 5.76 Å². The molecule has 0 aliphatic carbocycles. The summed E-state index contributed by atoms with van der Waals surface area (Å²) in [4.78, 5) is 25.0. The van der Waals surface area contributed by atoms with Crippen LogP contribution in [0.25, 0.3) is 22.3 Å². The number of hydrogen-bond acceptors (Lipinski definition) is 4. The first-order valence-electron chi connectivity index (χ1n) is 7.53. The summed E-state index contributed by atoms with van der Waals surface area (Å²) in [6.45, 7) is 0.404. The SMILES string of the molecule is O=Cc1cn(Cc2cccc(F)c2)c2cc(-c3noc(=O)[nH]3)ccc12. The van der Waals surface area contributed by atoms with Crippen LogP contribution in [-0.2, 0) is 6.54 Å². The third kappa shape index (κ3) is 2.76. The molecular weight excluding hydrogens is 325 g/mol. The third-order valence-corrected chi connectivity index (χ3v) is 4.00. The molecule has 1 N–H and O–H groups in total. The van der Waals surface area contributed by atoms with E-state index in [9.17, 15) is 14.0 Å². The van der Waals surface area contributed by atoms with E-state index in [4.69, 9.17) is 0 Å². The summed E-state index contributed by atoms with van der Waals surface area (Å²) in [6.07, 6.45) is 2.50. The Balaban J connectivity index is 1.85. The molecule has 0 radical (unpaired) electrons. The van der Waals surface area contributed by atoms with E-state index in [1.165, 1.54) is 12.1 Å². The van der Waals surface area contributed by atoms with E-state index >= 15 is 0 Å². The molecule has 0 saturated carbocycles. The Labute approximate surface area is 140 Å². The minimum atomic E-state index is -0.640. The standard InChI is InChI=1S/C18H12FN3O3/c19-14-3-1-2-11(6-14)8-22-9-13(10-23)15-5-4-12(7-16(15)22)17-20-18(24)25-21-17/h1-7,9-10H,8H2,(H,20,21,24). The Morgan fingerprint density at radius 1 is 1.24 bits per heavy atom. The van der Waals surface area contributed by atoms with Gasteiger partial charge in [0.05, 0.1) is 0 Å². The summed E-state index contributed by atoms with van der Waals surface area (Å²) in [5, 5.41) is 4.44. The van der Waals surface area contributed by atoms with E-state index in [2.05, 4.69) is 14.7 Å². The van der Waals surface area contributed by atoms with Crippen LogP contribution in [0.2, 0.25) is 0 Å². The molecule has 0 aliphatic rings. The second kappa shape index (κ2) is 5.86. The van der Waals surface area contributed by atoms with E-state index in [0.717, 1.165) is 22.8 Å². The molecule has 2 aromatic carbocycles. The Morgan fingerprint density at radius 2 is 2.12 bits per heavy atom. The van der Waals surface area contributed by atoms with Crippen molar-refractivity contribution in [1.82, 2.24) is 14.7 Å². The van der Waals surface area contributed by atoms with Crippen molar-refractivity contribution in [2.75, 3.05) is 0 Å². The molecule has 7 heteroatoms. The van der Waals surface area contributed by atoms with Crippen LogP contribution in [0.3, 0.4) is 0 Å². The number of hydrogen-bond donors (Lipinski definition) is 1. The van der Waals surface area contributed by atoms with E-state index < -0.39 is 5.76 Å². The molecule has 0 unspecified atom stereocenters. The molecule has 0 spiro atoms. The fraction of sp³-hybridized carbons (Fsp3) is 0.0556. The van der Waals surface area contributed by atoms with Crippen LogP contribution >= 0.6 is 0 Å². The van der Waals surface area contributed by atoms with Crippen molar-refractivity contribution in [3.8, 4) is 11.4 Å². The first-order chi connectivity index (χ1) is 12.1. The summed E-state index contributed by atoms with van der Waals surface area (Å²) in [6, 6.07) is 11.6. The Hall–Kier alpha value is -3.48. The van der Waals surface area contributed by atoms with Gasteiger partial charge in [-0.25, -0.2) is 9.18 Å². The largest absolute Gasteiger partial charge is 0.439 e. The van der Waals surface area contributed by atoms with Crippen molar-refractivity contribution in [1.29, 1.82) is 0 Å². The zero-order chi connectivity index (χ0) is 17.4. The maximum Gasteiger partial charge on any atom is 0.439 e. The summed E-state index contributed by atoms with van der Waals surface area (Å²) >= 11 is 0. The van der Waals surface area contributed by atoms with Gasteiger partial charge in [-0.2, -0.15) is 0 Å². The maximum absolute atomic E-state index is 13.4. The molecule has 124 valence electrons. The maximum atomic E-state index is 13.4. The zero-order valence-corrected chi connectivity index (χ0v) is 12.9. The number of nitrogens with zero attached hydrogens (tertiary/aromatic N) is 2. The van der Waals surface area contributed by atoms with Crippen LogP contribution in [0.1, 0.15) is 15.9 Å². The number of carbonyl (C=O) groups is 1. The van der Waals surface area contributed by atoms with Gasteiger partial charge in [-0.1, -0.05) is 29.4 Å². The number of aromatic amines is 1. The van der Waals surface area contributed by atoms with Gasteiger partial charge in [0.15, 0.2) is 12.1 Å². The highest BCUT2D eigenvalue weighted by atomic mass is 19.1. The molecule has 0 aliphatic heterocycles. The highest BCUT2D eigenvalue weighted by Crippen LogP contribution is 2.26. The summed E-state index contributed by atoms with van der Waals surface area (Å²) in [7, 11) is 0. The predicted molar refractivity (Wildman–Crippen MR) is 88.9 cm³/mol. The summed E-state index contributed by atoms with van der Waals surface area (Å²) in [5.41, 5.74) is 2.73. The van der Waals surface area contributed by atoms with E-state index in [-0.39, 0.29) is 5.82 Å². The number of aldehydes is 1. The number of benzene rings is 2. The number of halogens is 1. The molecule has 4 aromatic rings. The number of H-pyrrole nitrogens is 1. The smallest absolute Gasteiger partial charge is 0.342 e. The van der Waals surface area contributed by atoms with Crippen molar-refractivity contribution >= 4 is 17.2 Å². The van der Waals surface area contributed by atoms with Crippen molar-refractivity contribution in [2.24, 2.45) is 0 Å². The average molecular weight is 337 g/mol. The minimum absolute atomic E-state index is 0.304. The predicted octanol–water partition coefficient (Wildman–Crippen LogP) is 2.98. The summed E-state index contributed by atoms with van der Waals surface area (Å²) in [5.74, 6) is -0.651. The monoisotopic (exact) mass is 337 g/mol. The van der Waals surface area contributed by atoms with Gasteiger partial charge in [0.2, 0.25) is 0 Å². The fourth-order valence-corrected chi connectivity index (χ4v) is 2.88. The van der Waals surface area contributed by atoms with Crippen LogP contribution in [0.5, 0.6) is 0 Å². The molecule has 0 amide bonds. The Kier molecular flexibility index (Phi) is 3.53. The van der Waals surface area contributed by atoms with Gasteiger partial charge < -0.3 is 4.57 Å². The van der Waals surface area contributed by atoms with Gasteiger partial charge in [-0.3, -0.25) is 14.3 Å². The Morgan fingerprint density at radius 3 is 2.84 bits per heavy atom. The third-order valence-electron chi connectivity index (χ3n) is 4.00. The first kappa shape index (κ1) is 15.1. The molecule has 2 heterocycles. The van der Waals surface area contributed by atoms with Crippen LogP contribution in [0.4, 0.5) is 4.39 Å². The molecule has 0 bridgehead atoms. The van der Waals surface area contributed by atoms with Gasteiger partial charge in [0.25, 0.3) is 0 Å². The van der Waals surface area contributed by atoms with Gasteiger partial charge in [-0.05, 0) is 23.8 Å². The van der Waals surface area contributed by atoms with Crippen LogP contribution in [0, 0.1) is 5.82 Å².